The average Bonchev–Trinajstić information content (AvgIpc) is 2.35. The van der Waals surface area contributed by atoms with E-state index in [0.29, 0.717) is 0 Å². The Bertz CT molecular complexity index is 537. The molecular formula is C11H8F3NO3S. The van der Waals surface area contributed by atoms with E-state index < -0.39 is 34.7 Å². The molecule has 0 aliphatic carbocycles. The van der Waals surface area contributed by atoms with Crippen LogP contribution in [0.5, 0.6) is 0 Å². The van der Waals surface area contributed by atoms with Crippen LogP contribution in [0.2, 0.25) is 0 Å². The van der Waals surface area contributed by atoms with Gasteiger partial charge in [-0.25, -0.2) is 4.79 Å². The lowest BCUT2D eigenvalue weighted by molar-refractivity contribution is -0.0328. The summed E-state index contributed by atoms with van der Waals surface area (Å²) in [7, 11) is 1.07. The van der Waals surface area contributed by atoms with Crippen LogP contribution >= 0.6 is 11.8 Å². The number of nitriles is 1. The van der Waals surface area contributed by atoms with Crippen LogP contribution in [-0.4, -0.2) is 23.7 Å². The summed E-state index contributed by atoms with van der Waals surface area (Å²) in [5, 5.41) is 17.9. The number of aliphatic hydroxyl groups is 1. The van der Waals surface area contributed by atoms with Gasteiger partial charge < -0.3 is 9.84 Å². The van der Waals surface area contributed by atoms with Gasteiger partial charge in [0.2, 0.25) is 0 Å². The molecule has 19 heavy (non-hydrogen) atoms. The Morgan fingerprint density at radius 3 is 2.58 bits per heavy atom. The summed E-state index contributed by atoms with van der Waals surface area (Å²) in [6.07, 6.45) is 0. The number of hydrogen-bond donors (Lipinski definition) is 1. The van der Waals surface area contributed by atoms with E-state index in [1.807, 2.05) is 0 Å². The largest absolute Gasteiger partial charge is 0.465 e. The molecule has 0 radical (unpaired) electrons. The van der Waals surface area contributed by atoms with Crippen molar-refractivity contribution in [2.75, 3.05) is 7.11 Å². The zero-order chi connectivity index (χ0) is 14.6. The second-order valence-corrected chi connectivity index (χ2v) is 4.42. The van der Waals surface area contributed by atoms with Gasteiger partial charge in [0.15, 0.2) is 0 Å². The summed E-state index contributed by atoms with van der Waals surface area (Å²) in [5.41, 5.74) is -5.01. The van der Waals surface area contributed by atoms with E-state index in [9.17, 15) is 18.0 Å². The Morgan fingerprint density at radius 1 is 1.53 bits per heavy atom. The summed E-state index contributed by atoms with van der Waals surface area (Å²) in [6.45, 7) is -0.587. The van der Waals surface area contributed by atoms with Crippen molar-refractivity contribution in [1.82, 2.24) is 0 Å². The molecule has 0 aliphatic rings. The third-order valence-corrected chi connectivity index (χ3v) is 2.92. The van der Waals surface area contributed by atoms with Crippen LogP contribution in [-0.2, 0) is 11.3 Å². The van der Waals surface area contributed by atoms with Crippen LogP contribution in [0.25, 0.3) is 0 Å². The summed E-state index contributed by atoms with van der Waals surface area (Å²) < 4.78 is 41.4. The van der Waals surface area contributed by atoms with E-state index in [2.05, 4.69) is 4.74 Å². The minimum atomic E-state index is -4.58. The van der Waals surface area contributed by atoms with Crippen molar-refractivity contribution in [3.05, 3.63) is 28.8 Å². The van der Waals surface area contributed by atoms with Crippen LogP contribution in [0.1, 0.15) is 21.5 Å². The molecule has 0 spiro atoms. The topological polar surface area (TPSA) is 70.3 Å². The highest BCUT2D eigenvalue weighted by atomic mass is 32.2. The Hall–Kier alpha value is -1.72. The van der Waals surface area contributed by atoms with Crippen molar-refractivity contribution in [2.24, 2.45) is 0 Å². The third-order valence-electron chi connectivity index (χ3n) is 2.13. The van der Waals surface area contributed by atoms with Crippen molar-refractivity contribution in [3.8, 4) is 6.07 Å². The van der Waals surface area contributed by atoms with Gasteiger partial charge in [-0.1, -0.05) is 0 Å². The summed E-state index contributed by atoms with van der Waals surface area (Å²) in [6, 6.07) is 3.53. The Kier molecular flexibility index (Phi) is 4.80. The fourth-order valence-electron chi connectivity index (χ4n) is 1.35. The molecule has 0 fully saturated rings. The molecule has 0 aromatic heterocycles. The molecule has 4 nitrogen and oxygen atoms in total. The van der Waals surface area contributed by atoms with Gasteiger partial charge in [-0.3, -0.25) is 0 Å². The van der Waals surface area contributed by atoms with Crippen LogP contribution in [0.4, 0.5) is 13.2 Å². The van der Waals surface area contributed by atoms with E-state index in [0.717, 1.165) is 19.2 Å². The molecule has 0 saturated carbocycles. The number of rotatable bonds is 3. The van der Waals surface area contributed by atoms with Crippen LogP contribution in [0.15, 0.2) is 17.0 Å². The maximum Gasteiger partial charge on any atom is 0.446 e. The number of ether oxygens (including phenoxy) is 1. The Balaban J connectivity index is 3.38. The first-order chi connectivity index (χ1) is 8.82. The van der Waals surface area contributed by atoms with E-state index in [4.69, 9.17) is 10.4 Å². The predicted molar refractivity (Wildman–Crippen MR) is 60.3 cm³/mol. The second-order valence-electron chi connectivity index (χ2n) is 3.31. The smallest absolute Gasteiger partial charge is 0.446 e. The molecule has 0 unspecified atom stereocenters. The minimum absolute atomic E-state index is 0.0370. The quantitative estimate of drug-likeness (QED) is 0.684. The molecule has 1 rings (SSSR count). The van der Waals surface area contributed by atoms with Gasteiger partial charge in [0.25, 0.3) is 0 Å². The average molecular weight is 291 g/mol. The van der Waals surface area contributed by atoms with Gasteiger partial charge in [0, 0.05) is 4.90 Å². The predicted octanol–water partition coefficient (Wildman–Crippen LogP) is 2.45. The molecule has 1 aromatic rings. The molecule has 0 amide bonds. The zero-order valence-corrected chi connectivity index (χ0v) is 10.4. The summed E-state index contributed by atoms with van der Waals surface area (Å²) in [4.78, 5) is 11.0. The van der Waals surface area contributed by atoms with Crippen LogP contribution in [0, 0.1) is 11.3 Å². The number of esters is 1. The highest BCUT2D eigenvalue weighted by Crippen LogP contribution is 2.39. The van der Waals surface area contributed by atoms with Gasteiger partial charge >= 0.3 is 11.5 Å². The van der Waals surface area contributed by atoms with Gasteiger partial charge in [0.1, 0.15) is 6.07 Å². The SMILES string of the molecule is COC(=O)c1cc(SC(F)(F)F)c(C#N)cc1CO. The number of aliphatic hydroxyl groups excluding tert-OH is 1. The maximum absolute atomic E-state index is 12.3. The number of benzene rings is 1. The fraction of sp³-hybridized carbons (Fsp3) is 0.273. The molecule has 0 aliphatic heterocycles. The fourth-order valence-corrected chi connectivity index (χ4v) is 1.99. The first-order valence-corrected chi connectivity index (χ1v) is 5.66. The molecule has 0 heterocycles. The first kappa shape index (κ1) is 15.3. The highest BCUT2D eigenvalue weighted by molar-refractivity contribution is 8.00. The van der Waals surface area contributed by atoms with E-state index in [1.54, 1.807) is 6.07 Å². The highest BCUT2D eigenvalue weighted by Gasteiger charge is 2.31. The normalized spacial score (nSPS) is 10.9. The number of thioether (sulfide) groups is 1. The number of alkyl halides is 3. The molecule has 1 aromatic carbocycles. The second kappa shape index (κ2) is 5.95. The minimum Gasteiger partial charge on any atom is -0.465 e. The zero-order valence-electron chi connectivity index (χ0n) is 9.61. The van der Waals surface area contributed by atoms with Crippen molar-refractivity contribution in [2.45, 2.75) is 17.0 Å². The van der Waals surface area contributed by atoms with Crippen molar-refractivity contribution in [3.63, 3.8) is 0 Å². The van der Waals surface area contributed by atoms with E-state index in [-0.39, 0.29) is 16.7 Å². The molecular weight excluding hydrogens is 283 g/mol. The molecule has 0 atom stereocenters. The van der Waals surface area contributed by atoms with Crippen LogP contribution in [0.3, 0.4) is 0 Å². The van der Waals surface area contributed by atoms with Gasteiger partial charge in [-0.05, 0) is 29.5 Å². The van der Waals surface area contributed by atoms with E-state index in [1.165, 1.54) is 0 Å². The van der Waals surface area contributed by atoms with Gasteiger partial charge in [-0.2, -0.15) is 18.4 Å². The molecule has 0 saturated heterocycles. The first-order valence-electron chi connectivity index (χ1n) is 4.84. The molecule has 0 bridgehead atoms. The number of halogens is 3. The lowest BCUT2D eigenvalue weighted by Gasteiger charge is -2.11. The number of carbonyl (C=O) groups excluding carboxylic acids is 1. The maximum atomic E-state index is 12.3. The van der Waals surface area contributed by atoms with Gasteiger partial charge in [0.05, 0.1) is 24.8 Å². The standard InChI is InChI=1S/C11H8F3NO3S/c1-18-10(17)8-3-9(19-11(12,13)14)6(4-15)2-7(8)5-16/h2-3,16H,5H2,1H3. The summed E-state index contributed by atoms with van der Waals surface area (Å²) in [5.74, 6) is -0.877. The van der Waals surface area contributed by atoms with Crippen molar-refractivity contribution in [1.29, 1.82) is 5.26 Å². The number of hydrogen-bond acceptors (Lipinski definition) is 5. The Morgan fingerprint density at radius 2 is 2.16 bits per heavy atom. The molecule has 102 valence electrons. The van der Waals surface area contributed by atoms with E-state index >= 15 is 0 Å². The molecule has 1 N–H and O–H groups in total. The lowest BCUT2D eigenvalue weighted by Crippen LogP contribution is -2.08. The van der Waals surface area contributed by atoms with Crippen molar-refractivity contribution < 1.29 is 27.8 Å². The van der Waals surface area contributed by atoms with Crippen LogP contribution < -0.4 is 0 Å². The third kappa shape index (κ3) is 3.87. The number of carbonyl (C=O) groups is 1. The van der Waals surface area contributed by atoms with Crippen molar-refractivity contribution >= 4 is 17.7 Å². The number of nitrogens with zero attached hydrogens (tertiary/aromatic N) is 1. The number of methoxy groups -OCH3 is 1. The monoisotopic (exact) mass is 291 g/mol. The summed E-state index contributed by atoms with van der Waals surface area (Å²) >= 11 is -0.499. The Labute approximate surface area is 110 Å². The molecule has 8 heteroatoms. The van der Waals surface area contributed by atoms with Gasteiger partial charge in [-0.15, -0.1) is 0 Å². The lowest BCUT2D eigenvalue weighted by atomic mass is 10.0.